The van der Waals surface area contributed by atoms with E-state index in [2.05, 4.69) is 51.5 Å². The molecule has 3 aliphatic rings. The van der Waals surface area contributed by atoms with Crippen molar-refractivity contribution in [3.63, 3.8) is 0 Å². The smallest absolute Gasteiger partial charge is 0.317 e. The Bertz CT molecular complexity index is 903. The predicted octanol–water partition coefficient (Wildman–Crippen LogP) is 4.68. The summed E-state index contributed by atoms with van der Waals surface area (Å²) in [4.78, 5) is 17.9. The lowest BCUT2D eigenvalue weighted by Crippen LogP contribution is -2.59. The van der Waals surface area contributed by atoms with Gasteiger partial charge in [-0.15, -0.1) is 0 Å². The fraction of sp³-hybridized carbons (Fsp3) is 0.480. The largest absolute Gasteiger partial charge is 0.338 e. The molecule has 158 valence electrons. The van der Waals surface area contributed by atoms with Gasteiger partial charge in [0.15, 0.2) is 0 Å². The normalized spacial score (nSPS) is 25.8. The lowest BCUT2D eigenvalue weighted by Gasteiger charge is -2.52. The van der Waals surface area contributed by atoms with Gasteiger partial charge in [-0.3, -0.25) is 4.90 Å². The fourth-order valence-corrected chi connectivity index (χ4v) is 5.91. The summed E-state index contributed by atoms with van der Waals surface area (Å²) in [5.41, 5.74) is 4.06. The van der Waals surface area contributed by atoms with Crippen LogP contribution in [0.25, 0.3) is 0 Å². The molecule has 2 aromatic rings. The second-order valence-electron chi connectivity index (χ2n) is 8.97. The number of amides is 2. The number of urea groups is 1. The molecule has 3 aliphatic heterocycles. The molecule has 2 fully saturated rings. The molecule has 0 bridgehead atoms. The Labute approximate surface area is 184 Å². The first kappa shape index (κ1) is 19.9. The van der Waals surface area contributed by atoms with Crippen molar-refractivity contribution in [2.24, 2.45) is 5.92 Å². The summed E-state index contributed by atoms with van der Waals surface area (Å²) in [5, 5.41) is 4.00. The van der Waals surface area contributed by atoms with E-state index in [9.17, 15) is 4.79 Å². The van der Waals surface area contributed by atoms with Crippen LogP contribution in [0.5, 0.6) is 0 Å². The molecule has 5 heteroatoms. The molecule has 30 heavy (non-hydrogen) atoms. The number of benzene rings is 2. The molecule has 3 atom stereocenters. The molecule has 2 amide bonds. The summed E-state index contributed by atoms with van der Waals surface area (Å²) >= 11 is 6.34. The molecule has 4 nitrogen and oxygen atoms in total. The van der Waals surface area contributed by atoms with E-state index in [-0.39, 0.29) is 6.03 Å². The maximum absolute atomic E-state index is 13.1. The summed E-state index contributed by atoms with van der Waals surface area (Å²) in [7, 11) is 0. The van der Waals surface area contributed by atoms with Crippen LogP contribution in [-0.4, -0.2) is 48.1 Å². The molecule has 0 spiro atoms. The summed E-state index contributed by atoms with van der Waals surface area (Å²) in [5.74, 6) is 0.579. The topological polar surface area (TPSA) is 35.6 Å². The quantitative estimate of drug-likeness (QED) is 0.778. The van der Waals surface area contributed by atoms with Gasteiger partial charge < -0.3 is 10.2 Å². The second kappa shape index (κ2) is 8.60. The maximum Gasteiger partial charge on any atom is 0.317 e. The van der Waals surface area contributed by atoms with Crippen molar-refractivity contribution in [2.45, 2.75) is 44.2 Å². The van der Waals surface area contributed by atoms with E-state index < -0.39 is 0 Å². The van der Waals surface area contributed by atoms with Gasteiger partial charge in [0.1, 0.15) is 0 Å². The average Bonchev–Trinajstić information content (AvgIpc) is 2.78. The van der Waals surface area contributed by atoms with Gasteiger partial charge in [-0.05, 0) is 66.8 Å². The highest BCUT2D eigenvalue weighted by molar-refractivity contribution is 6.30. The summed E-state index contributed by atoms with van der Waals surface area (Å²) in [6.07, 6.45) is 5.32. The molecule has 0 aliphatic carbocycles. The number of nitrogens with zero attached hydrogens (tertiary/aromatic N) is 2. The first-order valence-electron chi connectivity index (χ1n) is 11.3. The highest BCUT2D eigenvalue weighted by atomic mass is 35.5. The molecule has 0 saturated carbocycles. The Morgan fingerprint density at radius 1 is 1.13 bits per heavy atom. The number of nitrogens with one attached hydrogen (secondary N) is 1. The van der Waals surface area contributed by atoms with Crippen LogP contribution in [0, 0.1) is 5.92 Å². The predicted molar refractivity (Wildman–Crippen MR) is 121 cm³/mol. The van der Waals surface area contributed by atoms with Gasteiger partial charge in [0.05, 0.1) is 0 Å². The van der Waals surface area contributed by atoms with Crippen molar-refractivity contribution < 1.29 is 4.79 Å². The number of carbonyl (C=O) groups excluding carboxylic acids is 1. The Morgan fingerprint density at radius 2 is 2.00 bits per heavy atom. The van der Waals surface area contributed by atoms with Crippen molar-refractivity contribution >= 4 is 17.6 Å². The number of hydrogen-bond acceptors (Lipinski definition) is 2. The molecular formula is C25H30ClN3O. The number of fused-ring (bicyclic) bond motifs is 4. The van der Waals surface area contributed by atoms with Gasteiger partial charge >= 0.3 is 6.03 Å². The molecule has 0 unspecified atom stereocenters. The van der Waals surface area contributed by atoms with Gasteiger partial charge in [-0.25, -0.2) is 4.79 Å². The number of likely N-dealkylation sites (tertiary alicyclic amines) is 1. The van der Waals surface area contributed by atoms with Crippen molar-refractivity contribution in [3.05, 3.63) is 70.2 Å². The minimum Gasteiger partial charge on any atom is -0.338 e. The number of hydrogen-bond donors (Lipinski definition) is 1. The summed E-state index contributed by atoms with van der Waals surface area (Å²) in [6.45, 7) is 3.76. The van der Waals surface area contributed by atoms with E-state index >= 15 is 0 Å². The van der Waals surface area contributed by atoms with Crippen LogP contribution < -0.4 is 5.32 Å². The van der Waals surface area contributed by atoms with Crippen LogP contribution in [0.4, 0.5) is 4.79 Å². The number of piperidine rings is 2. The molecule has 0 radical (unpaired) electrons. The zero-order valence-electron chi connectivity index (χ0n) is 17.4. The number of carbonyl (C=O) groups is 1. The Hall–Kier alpha value is -2.04. The molecule has 1 N–H and O–H groups in total. The van der Waals surface area contributed by atoms with E-state index in [0.29, 0.717) is 24.5 Å². The summed E-state index contributed by atoms with van der Waals surface area (Å²) in [6, 6.07) is 17.5. The Balaban J connectivity index is 1.28. The fourth-order valence-electron chi connectivity index (χ4n) is 5.73. The third-order valence-corrected chi connectivity index (χ3v) is 7.46. The lowest BCUT2D eigenvalue weighted by atomic mass is 9.77. The van der Waals surface area contributed by atoms with Gasteiger partial charge in [0.2, 0.25) is 0 Å². The molecule has 5 rings (SSSR count). The van der Waals surface area contributed by atoms with E-state index in [4.69, 9.17) is 11.6 Å². The highest BCUT2D eigenvalue weighted by Gasteiger charge is 2.43. The van der Waals surface area contributed by atoms with E-state index in [1.165, 1.54) is 23.1 Å². The van der Waals surface area contributed by atoms with Gasteiger partial charge in [0.25, 0.3) is 0 Å². The minimum absolute atomic E-state index is 0.108. The van der Waals surface area contributed by atoms with Crippen LogP contribution in [0.15, 0.2) is 48.5 Å². The highest BCUT2D eigenvalue weighted by Crippen LogP contribution is 2.43. The monoisotopic (exact) mass is 423 g/mol. The van der Waals surface area contributed by atoms with Crippen LogP contribution in [0.2, 0.25) is 5.02 Å². The SMILES string of the molecule is O=C(NCCc1ccccc1)N1CCC[C@@H]2CN3CCc4ccc(Cl)cc4[C@H]3C[C@@H]21. The van der Waals surface area contributed by atoms with E-state index in [0.717, 1.165) is 50.3 Å². The van der Waals surface area contributed by atoms with Crippen molar-refractivity contribution in [3.8, 4) is 0 Å². The standard InChI is InChI=1S/C25H30ClN3O/c26-21-9-8-19-11-14-28-17-20-7-4-13-29(23(20)16-24(28)22(19)15-21)25(30)27-12-10-18-5-2-1-3-6-18/h1-3,5-6,8-9,15,20,23-24H,4,7,10-14,16-17H2,(H,27,30)/t20-,23+,24-/m1/s1. The van der Waals surface area contributed by atoms with E-state index in [1.54, 1.807) is 0 Å². The third kappa shape index (κ3) is 3.95. The van der Waals surface area contributed by atoms with E-state index in [1.807, 2.05) is 12.1 Å². The van der Waals surface area contributed by atoms with Crippen molar-refractivity contribution in [1.82, 2.24) is 15.1 Å². The van der Waals surface area contributed by atoms with Crippen LogP contribution in [-0.2, 0) is 12.8 Å². The van der Waals surface area contributed by atoms with Crippen LogP contribution in [0.3, 0.4) is 0 Å². The molecule has 2 saturated heterocycles. The number of rotatable bonds is 3. The van der Waals surface area contributed by atoms with Crippen molar-refractivity contribution in [1.29, 1.82) is 0 Å². The average molecular weight is 424 g/mol. The van der Waals surface area contributed by atoms with Crippen LogP contribution >= 0.6 is 11.6 Å². The summed E-state index contributed by atoms with van der Waals surface area (Å²) < 4.78 is 0. The molecule has 0 aromatic heterocycles. The Kier molecular flexibility index (Phi) is 5.70. The van der Waals surface area contributed by atoms with Gasteiger partial charge in [0, 0.05) is 43.3 Å². The number of halogens is 1. The molecule has 2 aromatic carbocycles. The zero-order chi connectivity index (χ0) is 20.5. The Morgan fingerprint density at radius 3 is 2.87 bits per heavy atom. The van der Waals surface area contributed by atoms with Crippen molar-refractivity contribution in [2.75, 3.05) is 26.2 Å². The maximum atomic E-state index is 13.1. The van der Waals surface area contributed by atoms with Gasteiger partial charge in [-0.2, -0.15) is 0 Å². The second-order valence-corrected chi connectivity index (χ2v) is 9.41. The van der Waals surface area contributed by atoms with Crippen LogP contribution in [0.1, 0.15) is 42.0 Å². The zero-order valence-corrected chi connectivity index (χ0v) is 18.2. The lowest BCUT2D eigenvalue weighted by molar-refractivity contribution is 0.00579. The molecular weight excluding hydrogens is 394 g/mol. The molecule has 3 heterocycles. The first-order valence-corrected chi connectivity index (χ1v) is 11.7. The first-order chi connectivity index (χ1) is 14.7. The minimum atomic E-state index is 0.108. The third-order valence-electron chi connectivity index (χ3n) is 7.22. The van der Waals surface area contributed by atoms with Gasteiger partial charge in [-0.1, -0.05) is 48.0 Å².